The lowest BCUT2D eigenvalue weighted by atomic mass is 10.2. The Bertz CT molecular complexity index is 1270. The molecule has 0 fully saturated rings. The maximum atomic E-state index is 12.8. The number of aryl methyl sites for hydroxylation is 2. The second-order valence-electron chi connectivity index (χ2n) is 6.98. The molecule has 0 radical (unpaired) electrons. The third-order valence-corrected chi connectivity index (χ3v) is 6.00. The fourth-order valence-electron chi connectivity index (χ4n) is 3.00. The summed E-state index contributed by atoms with van der Waals surface area (Å²) in [5.74, 6) is 0.642. The molecular weight excluding hydrogens is 382 g/mol. The molecular formula is C23H21N3O2S. The van der Waals surface area contributed by atoms with E-state index in [0.717, 1.165) is 16.6 Å². The molecule has 0 aliphatic carbocycles. The molecule has 4 aromatic rings. The molecule has 0 aliphatic heterocycles. The maximum absolute atomic E-state index is 12.8. The van der Waals surface area contributed by atoms with Gasteiger partial charge < -0.3 is 5.32 Å². The Morgan fingerprint density at radius 3 is 2.10 bits per heavy atom. The summed E-state index contributed by atoms with van der Waals surface area (Å²) in [5.41, 5.74) is 4.12. The summed E-state index contributed by atoms with van der Waals surface area (Å²) in [5, 5.41) is 4.11. The van der Waals surface area contributed by atoms with Crippen molar-refractivity contribution < 1.29 is 8.42 Å². The number of benzene rings is 3. The molecule has 29 heavy (non-hydrogen) atoms. The molecule has 0 amide bonds. The first kappa shape index (κ1) is 19.0. The van der Waals surface area contributed by atoms with Gasteiger partial charge in [0.15, 0.2) is 0 Å². The van der Waals surface area contributed by atoms with E-state index in [1.54, 1.807) is 30.3 Å². The molecule has 2 N–H and O–H groups in total. The van der Waals surface area contributed by atoms with Crippen LogP contribution in [-0.2, 0) is 10.0 Å². The van der Waals surface area contributed by atoms with Gasteiger partial charge in [-0.05, 0) is 56.3 Å². The summed E-state index contributed by atoms with van der Waals surface area (Å²) in [6.45, 7) is 3.95. The third-order valence-electron chi connectivity index (χ3n) is 4.62. The molecule has 3 aromatic carbocycles. The van der Waals surface area contributed by atoms with Crippen LogP contribution in [0.15, 0.2) is 83.8 Å². The van der Waals surface area contributed by atoms with Gasteiger partial charge in [-0.2, -0.15) is 0 Å². The zero-order valence-electron chi connectivity index (χ0n) is 16.2. The monoisotopic (exact) mass is 403 g/mol. The summed E-state index contributed by atoms with van der Waals surface area (Å²) in [7, 11) is -3.71. The summed E-state index contributed by atoms with van der Waals surface area (Å²) in [6.07, 6.45) is 0. The van der Waals surface area contributed by atoms with Crippen LogP contribution in [0.25, 0.3) is 10.9 Å². The fraction of sp³-hybridized carbons (Fsp3) is 0.0870. The van der Waals surface area contributed by atoms with Crippen molar-refractivity contribution in [1.29, 1.82) is 0 Å². The van der Waals surface area contributed by atoms with E-state index < -0.39 is 10.0 Å². The zero-order chi connectivity index (χ0) is 20.4. The topological polar surface area (TPSA) is 71.1 Å². The van der Waals surface area contributed by atoms with Crippen molar-refractivity contribution >= 4 is 38.1 Å². The van der Waals surface area contributed by atoms with Crippen LogP contribution in [0.2, 0.25) is 0 Å². The van der Waals surface area contributed by atoms with Gasteiger partial charge >= 0.3 is 0 Å². The highest BCUT2D eigenvalue weighted by Gasteiger charge is 2.16. The van der Waals surface area contributed by atoms with Crippen LogP contribution in [0.5, 0.6) is 0 Å². The largest absolute Gasteiger partial charge is 0.340 e. The molecule has 5 nitrogen and oxygen atoms in total. The number of para-hydroxylation sites is 1. The smallest absolute Gasteiger partial charge is 0.261 e. The van der Waals surface area contributed by atoms with E-state index in [2.05, 4.69) is 15.0 Å². The van der Waals surface area contributed by atoms with E-state index in [-0.39, 0.29) is 4.90 Å². The van der Waals surface area contributed by atoms with Crippen molar-refractivity contribution in [3.05, 3.63) is 90.0 Å². The van der Waals surface area contributed by atoms with Gasteiger partial charge in [-0.15, -0.1) is 0 Å². The van der Waals surface area contributed by atoms with Crippen LogP contribution in [0.1, 0.15) is 11.1 Å². The van der Waals surface area contributed by atoms with E-state index in [9.17, 15) is 8.42 Å². The zero-order valence-corrected chi connectivity index (χ0v) is 17.0. The molecule has 0 saturated carbocycles. The normalized spacial score (nSPS) is 11.4. The van der Waals surface area contributed by atoms with Gasteiger partial charge in [0.2, 0.25) is 0 Å². The Morgan fingerprint density at radius 1 is 0.759 bits per heavy atom. The van der Waals surface area contributed by atoms with Crippen molar-refractivity contribution in [3.8, 4) is 0 Å². The second-order valence-corrected chi connectivity index (χ2v) is 8.67. The van der Waals surface area contributed by atoms with Gasteiger partial charge in [0.25, 0.3) is 10.0 Å². The molecule has 4 rings (SSSR count). The van der Waals surface area contributed by atoms with Crippen LogP contribution in [0.3, 0.4) is 0 Å². The van der Waals surface area contributed by atoms with Gasteiger partial charge in [-0.25, -0.2) is 13.4 Å². The molecule has 0 aliphatic rings. The number of pyridine rings is 1. The average molecular weight is 404 g/mol. The van der Waals surface area contributed by atoms with E-state index >= 15 is 0 Å². The third kappa shape index (κ3) is 4.22. The minimum absolute atomic E-state index is 0.217. The number of hydrogen-bond acceptors (Lipinski definition) is 4. The van der Waals surface area contributed by atoms with Crippen LogP contribution >= 0.6 is 0 Å². The van der Waals surface area contributed by atoms with Crippen molar-refractivity contribution in [3.63, 3.8) is 0 Å². The summed E-state index contributed by atoms with van der Waals surface area (Å²) in [4.78, 5) is 4.86. The quantitative estimate of drug-likeness (QED) is 0.468. The highest BCUT2D eigenvalue weighted by Crippen LogP contribution is 2.27. The number of sulfonamides is 1. The molecule has 1 aromatic heterocycles. The van der Waals surface area contributed by atoms with E-state index in [1.165, 1.54) is 5.56 Å². The molecule has 0 atom stereocenters. The lowest BCUT2D eigenvalue weighted by Gasteiger charge is -2.12. The fourth-order valence-corrected chi connectivity index (χ4v) is 4.07. The molecule has 6 heteroatoms. The predicted molar refractivity (Wildman–Crippen MR) is 118 cm³/mol. The molecule has 0 spiro atoms. The highest BCUT2D eigenvalue weighted by atomic mass is 32.2. The number of anilines is 3. The number of fused-ring (bicyclic) bond motifs is 1. The first-order chi connectivity index (χ1) is 13.9. The maximum Gasteiger partial charge on any atom is 0.261 e. The minimum Gasteiger partial charge on any atom is -0.340 e. The van der Waals surface area contributed by atoms with Crippen LogP contribution in [-0.4, -0.2) is 13.4 Å². The van der Waals surface area contributed by atoms with Gasteiger partial charge in [0.1, 0.15) is 5.82 Å². The van der Waals surface area contributed by atoms with E-state index in [4.69, 9.17) is 0 Å². The van der Waals surface area contributed by atoms with Crippen LogP contribution in [0.4, 0.5) is 17.2 Å². The Hall–Kier alpha value is -3.38. The van der Waals surface area contributed by atoms with E-state index in [1.807, 2.05) is 62.4 Å². The van der Waals surface area contributed by atoms with Gasteiger partial charge in [-0.1, -0.05) is 47.5 Å². The van der Waals surface area contributed by atoms with E-state index in [0.29, 0.717) is 17.0 Å². The first-order valence-electron chi connectivity index (χ1n) is 9.24. The van der Waals surface area contributed by atoms with Crippen molar-refractivity contribution in [2.75, 3.05) is 10.0 Å². The Balaban J connectivity index is 1.69. The molecule has 0 unspecified atom stereocenters. The van der Waals surface area contributed by atoms with Crippen molar-refractivity contribution in [2.45, 2.75) is 18.7 Å². The summed E-state index contributed by atoms with van der Waals surface area (Å²) < 4.78 is 28.3. The number of rotatable bonds is 5. The summed E-state index contributed by atoms with van der Waals surface area (Å²) in [6, 6.07) is 24.0. The Morgan fingerprint density at radius 2 is 1.41 bits per heavy atom. The average Bonchev–Trinajstić information content (AvgIpc) is 2.70. The van der Waals surface area contributed by atoms with Crippen LogP contribution < -0.4 is 10.0 Å². The molecule has 0 bridgehead atoms. The second kappa shape index (κ2) is 7.56. The van der Waals surface area contributed by atoms with Gasteiger partial charge in [0.05, 0.1) is 16.1 Å². The molecule has 146 valence electrons. The minimum atomic E-state index is -3.71. The van der Waals surface area contributed by atoms with Gasteiger partial charge in [0, 0.05) is 11.1 Å². The lowest BCUT2D eigenvalue weighted by molar-refractivity contribution is 0.601. The lowest BCUT2D eigenvalue weighted by Crippen LogP contribution is -2.13. The summed E-state index contributed by atoms with van der Waals surface area (Å²) >= 11 is 0. The molecule has 0 saturated heterocycles. The van der Waals surface area contributed by atoms with Crippen LogP contribution in [0, 0.1) is 13.8 Å². The number of aromatic nitrogens is 1. The van der Waals surface area contributed by atoms with Crippen molar-refractivity contribution in [2.24, 2.45) is 0 Å². The predicted octanol–water partition coefficient (Wildman–Crippen LogP) is 5.40. The first-order valence-corrected chi connectivity index (χ1v) is 10.7. The molecule has 1 heterocycles. The standard InChI is InChI=1S/C23H21N3O2S/c1-16-6-11-19(12-7-16)24-22-15-10-18-4-3-5-21(23(18)25-22)26-29(27,28)20-13-8-17(2)9-14-20/h3-15,26H,1-2H3,(H,24,25). The van der Waals surface area contributed by atoms with Gasteiger partial charge in [-0.3, -0.25) is 4.72 Å². The Kier molecular flexibility index (Phi) is 4.94. The number of nitrogens with zero attached hydrogens (tertiary/aromatic N) is 1. The Labute approximate surface area is 170 Å². The SMILES string of the molecule is Cc1ccc(Nc2ccc3cccc(NS(=O)(=O)c4ccc(C)cc4)c3n2)cc1. The number of nitrogens with one attached hydrogen (secondary N) is 2. The highest BCUT2D eigenvalue weighted by molar-refractivity contribution is 7.92. The number of hydrogen-bond donors (Lipinski definition) is 2. The van der Waals surface area contributed by atoms with Crippen molar-refractivity contribution in [1.82, 2.24) is 4.98 Å².